The number of aromatic nitrogens is 2. The van der Waals surface area contributed by atoms with Gasteiger partial charge in [-0.1, -0.05) is 18.6 Å². The van der Waals surface area contributed by atoms with Gasteiger partial charge < -0.3 is 10.6 Å². The summed E-state index contributed by atoms with van der Waals surface area (Å²) in [5, 5.41) is 6.32. The lowest BCUT2D eigenvalue weighted by atomic mass is 10.1. The van der Waals surface area contributed by atoms with Crippen molar-refractivity contribution in [2.75, 3.05) is 28.6 Å². The first-order valence-electron chi connectivity index (χ1n) is 11.9. The van der Waals surface area contributed by atoms with Crippen LogP contribution in [0.2, 0.25) is 0 Å². The normalized spacial score (nSPS) is 15.6. The maximum absolute atomic E-state index is 13.8. The van der Waals surface area contributed by atoms with Crippen LogP contribution in [0.3, 0.4) is 0 Å². The van der Waals surface area contributed by atoms with E-state index >= 15 is 0 Å². The van der Waals surface area contributed by atoms with Gasteiger partial charge in [0.2, 0.25) is 0 Å². The number of nitrogens with one attached hydrogen (secondary N) is 2. The number of thiophene rings is 1. The van der Waals surface area contributed by atoms with Gasteiger partial charge >= 0.3 is 6.03 Å². The molecule has 4 heterocycles. The van der Waals surface area contributed by atoms with E-state index in [2.05, 4.69) is 41.4 Å². The minimum Gasteiger partial charge on any atom is -0.321 e. The average Bonchev–Trinajstić information content (AvgIpc) is 3.27. The van der Waals surface area contributed by atoms with Gasteiger partial charge in [0.1, 0.15) is 21.9 Å². The molecule has 3 amide bonds. The van der Waals surface area contributed by atoms with E-state index in [1.165, 1.54) is 65.6 Å². The zero-order valence-electron chi connectivity index (χ0n) is 19.6. The Morgan fingerprint density at radius 2 is 1.89 bits per heavy atom. The van der Waals surface area contributed by atoms with Crippen LogP contribution in [0.1, 0.15) is 34.5 Å². The highest BCUT2D eigenvalue weighted by molar-refractivity contribution is 9.10. The lowest BCUT2D eigenvalue weighted by Crippen LogP contribution is -2.35. The summed E-state index contributed by atoms with van der Waals surface area (Å²) in [6.45, 7) is 3.16. The van der Waals surface area contributed by atoms with E-state index in [0.717, 1.165) is 19.6 Å². The summed E-state index contributed by atoms with van der Waals surface area (Å²) in [5.41, 5.74) is 2.68. The molecule has 4 aromatic rings. The van der Waals surface area contributed by atoms with Gasteiger partial charge in [-0.15, -0.1) is 11.3 Å². The standard InChI is InChI=1S/C26H22BrFN6O2S/c27-18-12-17(8-9-19(18)28)34-23-20-21(32-26(34)36)22(37-25(20)30-14-29-23)24(35)31-16-6-4-15(5-7-16)13-33-10-2-1-3-11-33/h4-9,12,14H,1-3,10-11,13H2,(H,31,35)(H,32,36). The number of hydrogen-bond acceptors (Lipinski definition) is 6. The predicted octanol–water partition coefficient (Wildman–Crippen LogP) is 6.51. The van der Waals surface area contributed by atoms with E-state index in [-0.39, 0.29) is 10.4 Å². The Bertz CT molecular complexity index is 1520. The number of carbonyl (C=O) groups excluding carboxylic acids is 2. The number of amides is 3. The molecule has 2 aliphatic rings. The minimum atomic E-state index is -0.500. The summed E-state index contributed by atoms with van der Waals surface area (Å²) < 4.78 is 14.0. The molecule has 6 rings (SSSR count). The molecule has 1 saturated heterocycles. The van der Waals surface area contributed by atoms with Crippen LogP contribution in [0.25, 0.3) is 10.2 Å². The molecule has 0 unspecified atom stereocenters. The van der Waals surface area contributed by atoms with E-state index in [4.69, 9.17) is 0 Å². The Labute approximate surface area is 224 Å². The van der Waals surface area contributed by atoms with Gasteiger partial charge in [0, 0.05) is 12.2 Å². The molecule has 1 fully saturated rings. The highest BCUT2D eigenvalue weighted by atomic mass is 79.9. The number of halogens is 2. The van der Waals surface area contributed by atoms with Gasteiger partial charge in [-0.05, 0) is 77.8 Å². The van der Waals surface area contributed by atoms with Crippen molar-refractivity contribution in [3.63, 3.8) is 0 Å². The van der Waals surface area contributed by atoms with Crippen LogP contribution in [0.5, 0.6) is 0 Å². The van der Waals surface area contributed by atoms with Crippen LogP contribution in [-0.4, -0.2) is 39.9 Å². The summed E-state index contributed by atoms with van der Waals surface area (Å²) in [5.74, 6) is -0.450. The molecule has 188 valence electrons. The third kappa shape index (κ3) is 4.58. The van der Waals surface area contributed by atoms with E-state index in [9.17, 15) is 14.0 Å². The van der Waals surface area contributed by atoms with Crippen molar-refractivity contribution < 1.29 is 14.0 Å². The molecule has 0 atom stereocenters. The lowest BCUT2D eigenvalue weighted by molar-refractivity contribution is 0.103. The van der Waals surface area contributed by atoms with Crippen LogP contribution in [0.15, 0.2) is 53.3 Å². The smallest absolute Gasteiger partial charge is 0.321 e. The van der Waals surface area contributed by atoms with Crippen molar-refractivity contribution in [1.29, 1.82) is 0 Å². The number of likely N-dealkylation sites (tertiary alicyclic amines) is 1. The largest absolute Gasteiger partial charge is 0.332 e. The van der Waals surface area contributed by atoms with Crippen molar-refractivity contribution in [3.05, 3.63) is 69.5 Å². The number of benzene rings is 2. The number of nitrogens with zero attached hydrogens (tertiary/aromatic N) is 4. The van der Waals surface area contributed by atoms with Gasteiger partial charge in [-0.2, -0.15) is 0 Å². The Hall–Kier alpha value is -3.41. The molecule has 0 spiro atoms. The van der Waals surface area contributed by atoms with Crippen molar-refractivity contribution in [3.8, 4) is 0 Å². The fourth-order valence-electron chi connectivity index (χ4n) is 4.75. The number of piperidine rings is 1. The second kappa shape index (κ2) is 9.81. The predicted molar refractivity (Wildman–Crippen MR) is 146 cm³/mol. The molecule has 2 aliphatic heterocycles. The first kappa shape index (κ1) is 24.0. The van der Waals surface area contributed by atoms with Gasteiger partial charge in [0.25, 0.3) is 5.91 Å². The van der Waals surface area contributed by atoms with E-state index in [0.29, 0.717) is 38.0 Å². The van der Waals surface area contributed by atoms with Crippen molar-refractivity contribution in [2.24, 2.45) is 0 Å². The van der Waals surface area contributed by atoms with Crippen LogP contribution >= 0.6 is 27.3 Å². The number of rotatable bonds is 5. The van der Waals surface area contributed by atoms with Crippen LogP contribution in [-0.2, 0) is 6.54 Å². The lowest BCUT2D eigenvalue weighted by Gasteiger charge is -2.27. The van der Waals surface area contributed by atoms with Crippen molar-refractivity contribution in [1.82, 2.24) is 14.9 Å². The molecule has 0 saturated carbocycles. The molecule has 8 nitrogen and oxygen atoms in total. The molecule has 0 radical (unpaired) electrons. The van der Waals surface area contributed by atoms with Crippen molar-refractivity contribution >= 4 is 72.3 Å². The molecular formula is C26H22BrFN6O2S. The van der Waals surface area contributed by atoms with E-state index < -0.39 is 11.8 Å². The highest BCUT2D eigenvalue weighted by Crippen LogP contribution is 2.45. The molecule has 37 heavy (non-hydrogen) atoms. The maximum atomic E-state index is 13.8. The van der Waals surface area contributed by atoms with E-state index in [1.54, 1.807) is 0 Å². The fraction of sp³-hybridized carbons (Fsp3) is 0.231. The van der Waals surface area contributed by atoms with Gasteiger partial charge in [0.05, 0.1) is 21.2 Å². The SMILES string of the molecule is O=C(Nc1ccc(CN2CCCCC2)cc1)c1sc2ncnc3c2c1NC(=O)N3c1ccc(F)c(Br)c1. The first-order chi connectivity index (χ1) is 18.0. The molecule has 0 aliphatic carbocycles. The number of hydrogen-bond donors (Lipinski definition) is 2. The molecule has 0 bridgehead atoms. The Morgan fingerprint density at radius 3 is 2.65 bits per heavy atom. The van der Waals surface area contributed by atoms with Crippen LogP contribution < -0.4 is 15.5 Å². The Balaban J connectivity index is 1.27. The Kier molecular flexibility index (Phi) is 6.35. The second-order valence-electron chi connectivity index (χ2n) is 9.04. The zero-order valence-corrected chi connectivity index (χ0v) is 22.0. The second-order valence-corrected chi connectivity index (χ2v) is 10.9. The topological polar surface area (TPSA) is 90.5 Å². The number of anilines is 4. The third-order valence-corrected chi connectivity index (χ3v) is 8.25. The highest BCUT2D eigenvalue weighted by Gasteiger charge is 2.34. The zero-order chi connectivity index (χ0) is 25.5. The monoisotopic (exact) mass is 580 g/mol. The maximum Gasteiger partial charge on any atom is 0.332 e. The number of carbonyl (C=O) groups is 2. The van der Waals surface area contributed by atoms with Crippen molar-refractivity contribution in [2.45, 2.75) is 25.8 Å². The minimum absolute atomic E-state index is 0.223. The molecule has 2 aromatic heterocycles. The average molecular weight is 581 g/mol. The summed E-state index contributed by atoms with van der Waals surface area (Å²) in [7, 11) is 0. The summed E-state index contributed by atoms with van der Waals surface area (Å²) in [6.07, 6.45) is 5.14. The summed E-state index contributed by atoms with van der Waals surface area (Å²) in [4.78, 5) is 39.8. The fourth-order valence-corrected chi connectivity index (χ4v) is 6.10. The molecule has 2 aromatic carbocycles. The summed E-state index contributed by atoms with van der Waals surface area (Å²) >= 11 is 4.35. The molecule has 11 heteroatoms. The molecule has 2 N–H and O–H groups in total. The van der Waals surface area contributed by atoms with Crippen LogP contribution in [0.4, 0.5) is 32.1 Å². The third-order valence-electron chi connectivity index (χ3n) is 6.55. The first-order valence-corrected chi connectivity index (χ1v) is 13.6. The van der Waals surface area contributed by atoms with Gasteiger partial charge in [-0.3, -0.25) is 9.69 Å². The van der Waals surface area contributed by atoms with Crippen LogP contribution in [0, 0.1) is 5.82 Å². The summed E-state index contributed by atoms with van der Waals surface area (Å²) in [6, 6.07) is 11.6. The van der Waals surface area contributed by atoms with Gasteiger partial charge in [-0.25, -0.2) is 24.1 Å². The Morgan fingerprint density at radius 1 is 1.11 bits per heavy atom. The van der Waals surface area contributed by atoms with E-state index in [1.807, 2.05) is 24.3 Å². The molecular weight excluding hydrogens is 559 g/mol. The van der Waals surface area contributed by atoms with Gasteiger partial charge in [0.15, 0.2) is 5.82 Å². The number of urea groups is 1. The quantitative estimate of drug-likeness (QED) is 0.280.